The van der Waals surface area contributed by atoms with Gasteiger partial charge >= 0.3 is 0 Å². The summed E-state index contributed by atoms with van der Waals surface area (Å²) < 4.78 is 0. The number of thiophene rings is 1. The first-order valence-corrected chi connectivity index (χ1v) is 8.82. The standard InChI is InChI=1S/C16H25N3OS/c1-12-8-13(17)10-18(9-12)11-16(20)19-6-2-4-14(19)15-5-3-7-21-15/h3,5,7,12-14H,2,4,6,8-11,17H2,1H3. The zero-order valence-corrected chi connectivity index (χ0v) is 13.5. The second-order valence-electron chi connectivity index (χ2n) is 6.56. The molecule has 0 spiro atoms. The van der Waals surface area contributed by atoms with Gasteiger partial charge in [0.05, 0.1) is 12.6 Å². The molecule has 0 aromatic carbocycles. The molecule has 5 heteroatoms. The minimum Gasteiger partial charge on any atom is -0.334 e. The van der Waals surface area contributed by atoms with Gasteiger partial charge in [0.2, 0.25) is 5.91 Å². The number of amides is 1. The second kappa shape index (κ2) is 6.46. The number of carbonyl (C=O) groups is 1. The molecule has 0 saturated carbocycles. The Labute approximate surface area is 130 Å². The monoisotopic (exact) mass is 307 g/mol. The Morgan fingerprint density at radius 3 is 3.05 bits per heavy atom. The van der Waals surface area contributed by atoms with Crippen LogP contribution >= 0.6 is 11.3 Å². The second-order valence-corrected chi connectivity index (χ2v) is 7.53. The smallest absolute Gasteiger partial charge is 0.237 e. The average Bonchev–Trinajstić information content (AvgIpc) is 3.08. The third-order valence-corrected chi connectivity index (χ3v) is 5.54. The summed E-state index contributed by atoms with van der Waals surface area (Å²) >= 11 is 1.76. The molecule has 1 aromatic rings. The van der Waals surface area contributed by atoms with E-state index >= 15 is 0 Å². The van der Waals surface area contributed by atoms with Crippen LogP contribution in [0.25, 0.3) is 0 Å². The summed E-state index contributed by atoms with van der Waals surface area (Å²) in [5.74, 6) is 0.862. The Balaban J connectivity index is 1.62. The largest absolute Gasteiger partial charge is 0.334 e. The van der Waals surface area contributed by atoms with Crippen LogP contribution in [-0.4, -0.2) is 47.9 Å². The van der Waals surface area contributed by atoms with E-state index in [9.17, 15) is 4.79 Å². The number of carbonyl (C=O) groups excluding carboxylic acids is 1. The summed E-state index contributed by atoms with van der Waals surface area (Å²) in [5, 5.41) is 2.10. The summed E-state index contributed by atoms with van der Waals surface area (Å²) in [4.78, 5) is 18.3. The van der Waals surface area contributed by atoms with E-state index < -0.39 is 0 Å². The molecule has 3 heterocycles. The highest BCUT2D eigenvalue weighted by Crippen LogP contribution is 2.34. The van der Waals surface area contributed by atoms with Gasteiger partial charge in [0.15, 0.2) is 0 Å². The predicted octanol–water partition coefficient (Wildman–Crippen LogP) is 2.08. The Morgan fingerprint density at radius 1 is 1.48 bits per heavy atom. The van der Waals surface area contributed by atoms with Crippen molar-refractivity contribution in [1.29, 1.82) is 0 Å². The molecule has 0 radical (unpaired) electrons. The normalized spacial score (nSPS) is 30.8. The van der Waals surface area contributed by atoms with Crippen molar-refractivity contribution in [3.8, 4) is 0 Å². The minimum atomic E-state index is 0.216. The van der Waals surface area contributed by atoms with Crippen molar-refractivity contribution in [1.82, 2.24) is 9.80 Å². The van der Waals surface area contributed by atoms with Gasteiger partial charge in [-0.25, -0.2) is 0 Å². The van der Waals surface area contributed by atoms with Gasteiger partial charge in [-0.2, -0.15) is 0 Å². The molecule has 0 aliphatic carbocycles. The number of hydrogen-bond donors (Lipinski definition) is 1. The van der Waals surface area contributed by atoms with Crippen molar-refractivity contribution >= 4 is 17.2 Å². The third kappa shape index (κ3) is 3.47. The molecule has 2 saturated heterocycles. The summed E-state index contributed by atoms with van der Waals surface area (Å²) in [6.45, 7) is 5.50. The fourth-order valence-electron chi connectivity index (χ4n) is 3.77. The van der Waals surface area contributed by atoms with Crippen LogP contribution in [0.1, 0.15) is 37.1 Å². The molecule has 116 valence electrons. The quantitative estimate of drug-likeness (QED) is 0.930. The Morgan fingerprint density at radius 2 is 2.33 bits per heavy atom. The Kier molecular flexibility index (Phi) is 4.62. The number of nitrogens with zero attached hydrogens (tertiary/aromatic N) is 2. The van der Waals surface area contributed by atoms with Gasteiger partial charge in [-0.1, -0.05) is 13.0 Å². The van der Waals surface area contributed by atoms with Crippen molar-refractivity contribution < 1.29 is 4.79 Å². The van der Waals surface area contributed by atoms with Gasteiger partial charge in [0, 0.05) is 30.6 Å². The lowest BCUT2D eigenvalue weighted by molar-refractivity contribution is -0.133. The first-order valence-electron chi connectivity index (χ1n) is 7.94. The maximum Gasteiger partial charge on any atom is 0.237 e. The van der Waals surface area contributed by atoms with E-state index in [4.69, 9.17) is 5.73 Å². The number of likely N-dealkylation sites (tertiary alicyclic amines) is 2. The van der Waals surface area contributed by atoms with Crippen molar-refractivity contribution in [2.24, 2.45) is 11.7 Å². The van der Waals surface area contributed by atoms with Gasteiger partial charge < -0.3 is 10.6 Å². The zero-order valence-electron chi connectivity index (χ0n) is 12.7. The number of nitrogens with two attached hydrogens (primary N) is 1. The van der Waals surface area contributed by atoms with Crippen LogP contribution < -0.4 is 5.73 Å². The highest BCUT2D eigenvalue weighted by Gasteiger charge is 2.32. The summed E-state index contributed by atoms with van der Waals surface area (Å²) in [6, 6.07) is 4.74. The molecule has 2 fully saturated rings. The van der Waals surface area contributed by atoms with Crippen molar-refractivity contribution in [2.75, 3.05) is 26.2 Å². The van der Waals surface area contributed by atoms with Crippen molar-refractivity contribution in [2.45, 2.75) is 38.3 Å². The van der Waals surface area contributed by atoms with Crippen LogP contribution in [0.3, 0.4) is 0 Å². The first kappa shape index (κ1) is 15.0. The molecule has 2 aliphatic rings. The molecule has 2 N–H and O–H groups in total. The highest BCUT2D eigenvalue weighted by atomic mass is 32.1. The summed E-state index contributed by atoms with van der Waals surface area (Å²) in [5.41, 5.74) is 6.08. The lowest BCUT2D eigenvalue weighted by atomic mass is 9.96. The lowest BCUT2D eigenvalue weighted by Gasteiger charge is -2.35. The molecule has 1 aromatic heterocycles. The molecule has 2 aliphatic heterocycles. The SMILES string of the molecule is CC1CC(N)CN(CC(=O)N2CCCC2c2cccs2)C1. The third-order valence-electron chi connectivity index (χ3n) is 4.57. The first-order chi connectivity index (χ1) is 10.1. The van der Waals surface area contributed by atoms with E-state index in [1.807, 2.05) is 0 Å². The van der Waals surface area contributed by atoms with Gasteiger partial charge in [0.1, 0.15) is 0 Å². The van der Waals surface area contributed by atoms with Crippen LogP contribution in [0, 0.1) is 5.92 Å². The molecule has 3 unspecified atom stereocenters. The van der Waals surface area contributed by atoms with Gasteiger partial charge in [-0.15, -0.1) is 11.3 Å². The number of piperidine rings is 1. The average molecular weight is 307 g/mol. The minimum absolute atomic E-state index is 0.216. The summed E-state index contributed by atoms with van der Waals surface area (Å²) in [7, 11) is 0. The molecule has 21 heavy (non-hydrogen) atoms. The van der Waals surface area contributed by atoms with E-state index in [0.717, 1.165) is 38.9 Å². The van der Waals surface area contributed by atoms with Crippen LogP contribution in [0.15, 0.2) is 17.5 Å². The summed E-state index contributed by atoms with van der Waals surface area (Å²) in [6.07, 6.45) is 3.29. The van der Waals surface area contributed by atoms with E-state index in [1.54, 1.807) is 11.3 Å². The topological polar surface area (TPSA) is 49.6 Å². The maximum absolute atomic E-state index is 12.7. The van der Waals surface area contributed by atoms with Crippen LogP contribution in [0.5, 0.6) is 0 Å². The maximum atomic E-state index is 12.7. The lowest BCUT2D eigenvalue weighted by Crippen LogP contribution is -2.50. The molecule has 4 nitrogen and oxygen atoms in total. The van der Waals surface area contributed by atoms with Crippen molar-refractivity contribution in [3.63, 3.8) is 0 Å². The van der Waals surface area contributed by atoms with E-state index in [-0.39, 0.29) is 11.9 Å². The molecular weight excluding hydrogens is 282 g/mol. The molecule has 3 atom stereocenters. The van der Waals surface area contributed by atoms with Crippen LogP contribution in [-0.2, 0) is 4.79 Å². The fraction of sp³-hybridized carbons (Fsp3) is 0.688. The van der Waals surface area contributed by atoms with Crippen LogP contribution in [0.4, 0.5) is 0 Å². The van der Waals surface area contributed by atoms with Gasteiger partial charge in [-0.3, -0.25) is 9.69 Å². The van der Waals surface area contributed by atoms with Crippen molar-refractivity contribution in [3.05, 3.63) is 22.4 Å². The van der Waals surface area contributed by atoms with E-state index in [0.29, 0.717) is 18.5 Å². The van der Waals surface area contributed by atoms with E-state index in [2.05, 4.69) is 34.2 Å². The van der Waals surface area contributed by atoms with E-state index in [1.165, 1.54) is 4.88 Å². The molecular formula is C16H25N3OS. The van der Waals surface area contributed by atoms with Gasteiger partial charge in [-0.05, 0) is 36.6 Å². The number of rotatable bonds is 3. The Hall–Kier alpha value is -0.910. The predicted molar refractivity (Wildman–Crippen MR) is 86.2 cm³/mol. The fourth-order valence-corrected chi connectivity index (χ4v) is 4.64. The number of hydrogen-bond acceptors (Lipinski definition) is 4. The molecule has 3 rings (SSSR count). The highest BCUT2D eigenvalue weighted by molar-refractivity contribution is 7.10. The van der Waals surface area contributed by atoms with Gasteiger partial charge in [0.25, 0.3) is 0 Å². The van der Waals surface area contributed by atoms with Crippen LogP contribution in [0.2, 0.25) is 0 Å². The zero-order chi connectivity index (χ0) is 14.8. The Bertz CT molecular complexity index is 466. The molecule has 0 bridgehead atoms. The molecule has 1 amide bonds.